The van der Waals surface area contributed by atoms with Crippen LogP contribution in [-0.4, -0.2) is 48.2 Å². The predicted octanol–water partition coefficient (Wildman–Crippen LogP) is 0.486. The Morgan fingerprint density at radius 3 is 2.95 bits per heavy atom. The molecule has 0 radical (unpaired) electrons. The number of aryl methyl sites for hydroxylation is 2. The largest absolute Gasteiger partial charge is 0.378 e. The van der Waals surface area contributed by atoms with Gasteiger partial charge in [-0.15, -0.1) is 12.4 Å². The molecule has 2 heterocycles. The molecule has 0 aromatic carbocycles. The van der Waals surface area contributed by atoms with Crippen LogP contribution in [0.1, 0.15) is 28.8 Å². The summed E-state index contributed by atoms with van der Waals surface area (Å²) in [6.07, 6.45) is 2.32. The fourth-order valence-electron chi connectivity index (χ4n) is 2.27. The third-order valence-corrected chi connectivity index (χ3v) is 3.35. The molecular weight excluding hydrogens is 280 g/mol. The maximum absolute atomic E-state index is 12.3. The van der Waals surface area contributed by atoms with E-state index in [1.54, 1.807) is 13.3 Å². The zero-order chi connectivity index (χ0) is 13.8. The number of carbonyl (C=O) groups excluding carboxylic acids is 1. The summed E-state index contributed by atoms with van der Waals surface area (Å²) < 4.78 is 5.33. The van der Waals surface area contributed by atoms with Crippen LogP contribution < -0.4 is 10.6 Å². The number of aromatic nitrogens is 2. The summed E-state index contributed by atoms with van der Waals surface area (Å²) in [5, 5.41) is 6.18. The Labute approximate surface area is 125 Å². The monoisotopic (exact) mass is 300 g/mol. The van der Waals surface area contributed by atoms with E-state index < -0.39 is 0 Å². The van der Waals surface area contributed by atoms with Gasteiger partial charge in [-0.2, -0.15) is 0 Å². The van der Waals surface area contributed by atoms with E-state index in [4.69, 9.17) is 4.74 Å². The molecule has 2 rings (SSSR count). The molecular formula is C13H21ClN4O2. The van der Waals surface area contributed by atoms with Crippen molar-refractivity contribution in [1.29, 1.82) is 0 Å². The van der Waals surface area contributed by atoms with Crippen molar-refractivity contribution in [2.75, 3.05) is 20.2 Å². The van der Waals surface area contributed by atoms with Gasteiger partial charge < -0.3 is 15.4 Å². The summed E-state index contributed by atoms with van der Waals surface area (Å²) in [5.41, 5.74) is 1.33. The Balaban J connectivity index is 0.00000200. The van der Waals surface area contributed by atoms with Crippen LogP contribution in [0.4, 0.5) is 0 Å². The summed E-state index contributed by atoms with van der Waals surface area (Å²) >= 11 is 0. The molecule has 0 bridgehead atoms. The van der Waals surface area contributed by atoms with E-state index in [9.17, 15) is 4.79 Å². The van der Waals surface area contributed by atoms with E-state index in [1.165, 1.54) is 0 Å². The van der Waals surface area contributed by atoms with Gasteiger partial charge in [-0.1, -0.05) is 6.92 Å². The van der Waals surface area contributed by atoms with Crippen LogP contribution in [0, 0.1) is 6.92 Å². The number of nitrogens with one attached hydrogen (secondary N) is 2. The molecule has 7 heteroatoms. The zero-order valence-corrected chi connectivity index (χ0v) is 12.8. The van der Waals surface area contributed by atoms with Gasteiger partial charge in [-0.25, -0.2) is 9.97 Å². The second-order valence-electron chi connectivity index (χ2n) is 4.64. The third-order valence-electron chi connectivity index (χ3n) is 3.35. The number of hydrogen-bond acceptors (Lipinski definition) is 5. The minimum absolute atomic E-state index is 0. The Morgan fingerprint density at radius 1 is 1.55 bits per heavy atom. The molecule has 2 unspecified atom stereocenters. The van der Waals surface area contributed by atoms with Crippen molar-refractivity contribution < 1.29 is 9.53 Å². The Hall–Kier alpha value is -1.24. The lowest BCUT2D eigenvalue weighted by atomic mass is 10.1. The molecule has 0 aliphatic carbocycles. The van der Waals surface area contributed by atoms with Gasteiger partial charge in [-0.05, 0) is 13.3 Å². The summed E-state index contributed by atoms with van der Waals surface area (Å²) in [4.78, 5) is 20.7. The van der Waals surface area contributed by atoms with Gasteiger partial charge in [0.2, 0.25) is 0 Å². The van der Waals surface area contributed by atoms with Gasteiger partial charge >= 0.3 is 0 Å². The van der Waals surface area contributed by atoms with Crippen LogP contribution in [-0.2, 0) is 11.2 Å². The van der Waals surface area contributed by atoms with E-state index in [2.05, 4.69) is 20.6 Å². The van der Waals surface area contributed by atoms with Crippen molar-refractivity contribution in [3.05, 3.63) is 23.3 Å². The Kier molecular flexibility index (Phi) is 6.32. The first-order chi connectivity index (χ1) is 9.15. The highest BCUT2D eigenvalue weighted by Gasteiger charge is 2.29. The number of rotatable bonds is 4. The maximum Gasteiger partial charge on any atom is 0.255 e. The zero-order valence-electron chi connectivity index (χ0n) is 12.0. The maximum atomic E-state index is 12.3. The highest BCUT2D eigenvalue weighted by atomic mass is 35.5. The standard InChI is InChI=1S/C13H20N4O2.ClH/c1-4-10-9(5-15-8(2)16-10)13(18)17-11-6-14-7-12(11)19-3;/h5,11-12,14H,4,6-7H2,1-3H3,(H,17,18);1H. The van der Waals surface area contributed by atoms with Crippen LogP contribution in [0.15, 0.2) is 6.20 Å². The lowest BCUT2D eigenvalue weighted by Gasteiger charge is -2.19. The molecule has 6 nitrogen and oxygen atoms in total. The van der Waals surface area contributed by atoms with Crippen LogP contribution in [0.5, 0.6) is 0 Å². The van der Waals surface area contributed by atoms with Crippen LogP contribution in [0.25, 0.3) is 0 Å². The molecule has 20 heavy (non-hydrogen) atoms. The quantitative estimate of drug-likeness (QED) is 0.846. The van der Waals surface area contributed by atoms with Crippen LogP contribution in [0.3, 0.4) is 0 Å². The Morgan fingerprint density at radius 2 is 2.30 bits per heavy atom. The number of nitrogens with zero attached hydrogens (tertiary/aromatic N) is 2. The molecule has 0 spiro atoms. The molecule has 1 aromatic rings. The highest BCUT2D eigenvalue weighted by Crippen LogP contribution is 2.09. The summed E-state index contributed by atoms with van der Waals surface area (Å²) in [7, 11) is 1.66. The van der Waals surface area contributed by atoms with Gasteiger partial charge in [0.15, 0.2) is 0 Å². The van der Waals surface area contributed by atoms with Crippen molar-refractivity contribution in [2.45, 2.75) is 32.4 Å². The average molecular weight is 301 g/mol. The minimum Gasteiger partial charge on any atom is -0.378 e. The van der Waals surface area contributed by atoms with Gasteiger partial charge in [0.1, 0.15) is 5.82 Å². The smallest absolute Gasteiger partial charge is 0.255 e. The molecule has 0 saturated carbocycles. The molecule has 2 atom stereocenters. The lowest BCUT2D eigenvalue weighted by Crippen LogP contribution is -2.43. The number of ether oxygens (including phenoxy) is 1. The van der Waals surface area contributed by atoms with Crippen LogP contribution >= 0.6 is 12.4 Å². The van der Waals surface area contributed by atoms with E-state index in [-0.39, 0.29) is 30.5 Å². The first-order valence-electron chi connectivity index (χ1n) is 6.52. The highest BCUT2D eigenvalue weighted by molar-refractivity contribution is 5.95. The van der Waals surface area contributed by atoms with E-state index in [0.717, 1.165) is 18.8 Å². The fraction of sp³-hybridized carbons (Fsp3) is 0.615. The number of halogens is 1. The van der Waals surface area contributed by atoms with Crippen LogP contribution in [0.2, 0.25) is 0 Å². The second kappa shape index (κ2) is 7.52. The van der Waals surface area contributed by atoms with Crippen molar-refractivity contribution in [2.24, 2.45) is 0 Å². The van der Waals surface area contributed by atoms with Crippen molar-refractivity contribution in [3.8, 4) is 0 Å². The van der Waals surface area contributed by atoms with E-state index >= 15 is 0 Å². The first-order valence-corrected chi connectivity index (χ1v) is 6.52. The normalized spacial score (nSPS) is 21.4. The second-order valence-corrected chi connectivity index (χ2v) is 4.64. The number of methoxy groups -OCH3 is 1. The Bertz CT molecular complexity index is 470. The average Bonchev–Trinajstić information content (AvgIpc) is 2.85. The predicted molar refractivity (Wildman–Crippen MR) is 78.3 cm³/mol. The van der Waals surface area contributed by atoms with Crippen molar-refractivity contribution >= 4 is 18.3 Å². The summed E-state index contributed by atoms with van der Waals surface area (Å²) in [6.45, 7) is 5.28. The molecule has 1 aromatic heterocycles. The SMILES string of the molecule is CCc1nc(C)ncc1C(=O)NC1CNCC1OC.Cl. The molecule has 1 aliphatic heterocycles. The summed E-state index contributed by atoms with van der Waals surface area (Å²) in [6, 6.07) is -0.0106. The van der Waals surface area contributed by atoms with E-state index in [0.29, 0.717) is 17.8 Å². The van der Waals surface area contributed by atoms with Gasteiger partial charge in [0.05, 0.1) is 23.4 Å². The van der Waals surface area contributed by atoms with Gasteiger partial charge in [0, 0.05) is 26.4 Å². The molecule has 112 valence electrons. The van der Waals surface area contributed by atoms with Crippen molar-refractivity contribution in [1.82, 2.24) is 20.6 Å². The number of amides is 1. The molecule has 1 aliphatic rings. The van der Waals surface area contributed by atoms with Gasteiger partial charge in [-0.3, -0.25) is 4.79 Å². The summed E-state index contributed by atoms with van der Waals surface area (Å²) in [5.74, 6) is 0.554. The van der Waals surface area contributed by atoms with E-state index in [1.807, 2.05) is 13.8 Å². The molecule has 1 fully saturated rings. The van der Waals surface area contributed by atoms with Crippen molar-refractivity contribution in [3.63, 3.8) is 0 Å². The lowest BCUT2D eigenvalue weighted by molar-refractivity contribution is 0.0778. The molecule has 1 saturated heterocycles. The first kappa shape index (κ1) is 16.8. The number of carbonyl (C=O) groups is 1. The third kappa shape index (κ3) is 3.65. The van der Waals surface area contributed by atoms with Gasteiger partial charge in [0.25, 0.3) is 5.91 Å². The topological polar surface area (TPSA) is 76.1 Å². The minimum atomic E-state index is -0.132. The molecule has 1 amide bonds. The molecule has 2 N–H and O–H groups in total. The fourth-order valence-corrected chi connectivity index (χ4v) is 2.27. The number of hydrogen-bond donors (Lipinski definition) is 2.